The molecule has 4 aliphatic carbocycles. The van der Waals surface area contributed by atoms with Crippen molar-refractivity contribution in [2.24, 2.45) is 46.3 Å². The van der Waals surface area contributed by atoms with Crippen LogP contribution in [0.1, 0.15) is 182 Å². The highest BCUT2D eigenvalue weighted by molar-refractivity contribution is 5.25. The highest BCUT2D eigenvalue weighted by Crippen LogP contribution is 2.67. The maximum absolute atomic E-state index is 10.3. The molecule has 0 aliphatic heterocycles. The summed E-state index contributed by atoms with van der Waals surface area (Å²) in [6.07, 6.45) is 38.9. The minimum absolute atomic E-state index is 0.0817. The fourth-order valence-corrected chi connectivity index (χ4v) is 10.9. The average Bonchev–Trinajstić information content (AvgIpc) is 3.33. The molecule has 0 saturated heterocycles. The van der Waals surface area contributed by atoms with Crippen molar-refractivity contribution in [3.05, 3.63) is 23.8 Å². The molecule has 0 heterocycles. The molecule has 0 spiro atoms. The van der Waals surface area contributed by atoms with E-state index < -0.39 is 0 Å². The van der Waals surface area contributed by atoms with Gasteiger partial charge in [-0.3, -0.25) is 0 Å². The number of aliphatic hydroxyl groups is 1. The first-order valence-electron chi connectivity index (χ1n) is 19.3. The van der Waals surface area contributed by atoms with Crippen molar-refractivity contribution in [3.63, 3.8) is 0 Å². The van der Waals surface area contributed by atoms with Crippen LogP contribution in [-0.4, -0.2) is 11.2 Å². The Labute approximate surface area is 263 Å². The van der Waals surface area contributed by atoms with Crippen molar-refractivity contribution in [2.45, 2.75) is 188 Å². The van der Waals surface area contributed by atoms with Crippen LogP contribution in [0.5, 0.6) is 0 Å². The van der Waals surface area contributed by atoms with Crippen LogP contribution in [0.15, 0.2) is 23.8 Å². The molecule has 3 fully saturated rings. The van der Waals surface area contributed by atoms with E-state index in [4.69, 9.17) is 0 Å². The first-order valence-corrected chi connectivity index (χ1v) is 19.3. The van der Waals surface area contributed by atoms with Crippen LogP contribution in [0.4, 0.5) is 0 Å². The highest BCUT2D eigenvalue weighted by Gasteiger charge is 2.59. The zero-order chi connectivity index (χ0) is 30.0. The Hall–Kier alpha value is -0.560. The van der Waals surface area contributed by atoms with Gasteiger partial charge in [-0.15, -0.1) is 0 Å². The van der Waals surface area contributed by atoms with Crippen molar-refractivity contribution in [3.8, 4) is 0 Å². The smallest absolute Gasteiger partial charge is 0.0577 e. The number of aliphatic hydroxyl groups excluding tert-OH is 1. The minimum atomic E-state index is -0.0817. The standard InChI is InChI=1S/C41H72O/c1-6-7-8-9-10-11-12-13-14-15-16-17-18-20-32(2)21-19-22-33(3)37-25-26-38-36-24-23-34-31-35(42)27-29-40(34,4)39(36)28-30-41(37,38)5/h9-10,23,32-33,35-39,42H,6-8,11-22,24-31H2,1-5H3/b10-9-/t32?,33-,35+,36+,37-,38+,39+,40+,41-/m1/s1. The Kier molecular flexibility index (Phi) is 13.6. The van der Waals surface area contributed by atoms with Crippen molar-refractivity contribution in [1.82, 2.24) is 0 Å². The Bertz CT molecular complexity index is 840. The van der Waals surface area contributed by atoms with E-state index in [0.717, 1.165) is 48.3 Å². The summed E-state index contributed by atoms with van der Waals surface area (Å²) in [5.41, 5.74) is 2.58. The summed E-state index contributed by atoms with van der Waals surface area (Å²) in [6.45, 7) is 12.7. The Morgan fingerprint density at radius 1 is 0.786 bits per heavy atom. The Balaban J connectivity index is 1.09. The number of hydrogen-bond acceptors (Lipinski definition) is 1. The molecule has 4 aliphatic rings. The molecule has 0 aromatic rings. The first-order chi connectivity index (χ1) is 20.3. The van der Waals surface area contributed by atoms with E-state index in [2.05, 4.69) is 52.8 Å². The largest absolute Gasteiger partial charge is 0.393 e. The molecule has 242 valence electrons. The zero-order valence-corrected chi connectivity index (χ0v) is 29.0. The van der Waals surface area contributed by atoms with Gasteiger partial charge in [0.2, 0.25) is 0 Å². The van der Waals surface area contributed by atoms with Crippen LogP contribution < -0.4 is 0 Å². The molecule has 1 heteroatoms. The molecular formula is C41H72O. The second-order valence-corrected chi connectivity index (χ2v) is 16.6. The molecule has 4 rings (SSSR count). The van der Waals surface area contributed by atoms with Crippen molar-refractivity contribution in [2.75, 3.05) is 0 Å². The van der Waals surface area contributed by atoms with Crippen LogP contribution in [-0.2, 0) is 0 Å². The quantitative estimate of drug-likeness (QED) is 0.126. The summed E-state index contributed by atoms with van der Waals surface area (Å²) in [4.78, 5) is 0. The lowest BCUT2D eigenvalue weighted by Gasteiger charge is -2.58. The van der Waals surface area contributed by atoms with E-state index in [9.17, 15) is 5.11 Å². The molecule has 1 unspecified atom stereocenters. The van der Waals surface area contributed by atoms with Crippen LogP contribution in [0, 0.1) is 46.3 Å². The van der Waals surface area contributed by atoms with Crippen molar-refractivity contribution < 1.29 is 5.11 Å². The molecule has 3 saturated carbocycles. The predicted octanol–water partition coefficient (Wildman–Crippen LogP) is 12.6. The third-order valence-corrected chi connectivity index (χ3v) is 13.7. The van der Waals surface area contributed by atoms with Gasteiger partial charge in [0.15, 0.2) is 0 Å². The van der Waals surface area contributed by atoms with E-state index in [1.165, 1.54) is 135 Å². The van der Waals surface area contributed by atoms with E-state index in [-0.39, 0.29) is 6.10 Å². The monoisotopic (exact) mass is 581 g/mol. The summed E-state index contributed by atoms with van der Waals surface area (Å²) in [5.74, 6) is 5.48. The number of fused-ring (bicyclic) bond motifs is 5. The maximum Gasteiger partial charge on any atom is 0.0577 e. The van der Waals surface area contributed by atoms with Gasteiger partial charge in [-0.25, -0.2) is 0 Å². The minimum Gasteiger partial charge on any atom is -0.393 e. The van der Waals surface area contributed by atoms with Gasteiger partial charge in [-0.2, -0.15) is 0 Å². The second-order valence-electron chi connectivity index (χ2n) is 16.6. The van der Waals surface area contributed by atoms with E-state index in [0.29, 0.717) is 10.8 Å². The number of allylic oxidation sites excluding steroid dienone is 3. The lowest BCUT2D eigenvalue weighted by molar-refractivity contribution is -0.0573. The average molecular weight is 581 g/mol. The van der Waals surface area contributed by atoms with Gasteiger partial charge in [0.05, 0.1) is 6.10 Å². The summed E-state index contributed by atoms with van der Waals surface area (Å²) in [7, 11) is 0. The number of hydrogen-bond donors (Lipinski definition) is 1. The van der Waals surface area contributed by atoms with Gasteiger partial charge in [0, 0.05) is 0 Å². The van der Waals surface area contributed by atoms with Gasteiger partial charge in [-0.1, -0.05) is 135 Å². The SMILES string of the molecule is CCCC/C=C\CCCCCCCCCC(C)CCC[C@@H](C)[C@H]1CC[C@H]2[C@@H]3CC=C4C[C@@H](O)CC[C@]4(C)[C@H]3CC[C@]12C. The molecule has 9 atom stereocenters. The maximum atomic E-state index is 10.3. The summed E-state index contributed by atoms with van der Waals surface area (Å²) in [5, 5.41) is 10.3. The zero-order valence-electron chi connectivity index (χ0n) is 29.0. The fraction of sp³-hybridized carbons (Fsp3) is 0.902. The molecule has 1 N–H and O–H groups in total. The van der Waals surface area contributed by atoms with E-state index in [1.807, 2.05) is 0 Å². The third kappa shape index (κ3) is 8.57. The summed E-state index contributed by atoms with van der Waals surface area (Å²) in [6, 6.07) is 0. The molecular weight excluding hydrogens is 508 g/mol. The first kappa shape index (κ1) is 34.3. The van der Waals surface area contributed by atoms with E-state index in [1.54, 1.807) is 5.57 Å². The van der Waals surface area contributed by atoms with Crippen molar-refractivity contribution >= 4 is 0 Å². The summed E-state index contributed by atoms with van der Waals surface area (Å²) >= 11 is 0. The molecule has 42 heavy (non-hydrogen) atoms. The Morgan fingerprint density at radius 2 is 1.48 bits per heavy atom. The van der Waals surface area contributed by atoms with Gasteiger partial charge in [0.25, 0.3) is 0 Å². The molecule has 0 radical (unpaired) electrons. The van der Waals surface area contributed by atoms with Crippen LogP contribution in [0.3, 0.4) is 0 Å². The lowest BCUT2D eigenvalue weighted by atomic mass is 9.47. The van der Waals surface area contributed by atoms with Crippen LogP contribution in [0.2, 0.25) is 0 Å². The molecule has 0 bridgehead atoms. The number of unbranched alkanes of at least 4 members (excludes halogenated alkanes) is 9. The third-order valence-electron chi connectivity index (χ3n) is 13.7. The topological polar surface area (TPSA) is 20.2 Å². The van der Waals surface area contributed by atoms with Gasteiger partial charge >= 0.3 is 0 Å². The van der Waals surface area contributed by atoms with Crippen LogP contribution in [0.25, 0.3) is 0 Å². The van der Waals surface area contributed by atoms with Crippen LogP contribution >= 0.6 is 0 Å². The molecule has 1 nitrogen and oxygen atoms in total. The summed E-state index contributed by atoms with van der Waals surface area (Å²) < 4.78 is 0. The highest BCUT2D eigenvalue weighted by atomic mass is 16.3. The van der Waals surface area contributed by atoms with Crippen molar-refractivity contribution in [1.29, 1.82) is 0 Å². The molecule has 0 aromatic carbocycles. The van der Waals surface area contributed by atoms with E-state index >= 15 is 0 Å². The normalized spacial score (nSPS) is 35.9. The number of rotatable bonds is 18. The molecule has 0 aromatic heterocycles. The van der Waals surface area contributed by atoms with Gasteiger partial charge in [0.1, 0.15) is 0 Å². The predicted molar refractivity (Wildman–Crippen MR) is 184 cm³/mol. The molecule has 0 amide bonds. The Morgan fingerprint density at radius 3 is 2.24 bits per heavy atom. The van der Waals surface area contributed by atoms with Gasteiger partial charge in [-0.05, 0) is 117 Å². The second kappa shape index (κ2) is 16.7. The lowest BCUT2D eigenvalue weighted by Crippen LogP contribution is -2.50. The van der Waals surface area contributed by atoms with Gasteiger partial charge < -0.3 is 5.11 Å². The fourth-order valence-electron chi connectivity index (χ4n) is 10.9.